The van der Waals surface area contributed by atoms with Crippen molar-refractivity contribution in [2.45, 2.75) is 4.90 Å². The second-order valence-electron chi connectivity index (χ2n) is 7.69. The maximum absolute atomic E-state index is 12.7. The van der Waals surface area contributed by atoms with E-state index < -0.39 is 10.0 Å². The second kappa shape index (κ2) is 9.25. The van der Waals surface area contributed by atoms with Crippen LogP contribution in [0.25, 0.3) is 22.4 Å². The van der Waals surface area contributed by atoms with E-state index in [0.29, 0.717) is 17.0 Å². The molecule has 13 heteroatoms. The van der Waals surface area contributed by atoms with Crippen molar-refractivity contribution in [3.8, 4) is 40.0 Å². The molecule has 5 rings (SSSR count). The number of anilines is 1. The van der Waals surface area contributed by atoms with Crippen molar-refractivity contribution in [1.29, 1.82) is 5.26 Å². The molecule has 0 spiro atoms. The summed E-state index contributed by atoms with van der Waals surface area (Å²) in [6.45, 7) is 0. The Morgan fingerprint density at radius 1 is 1.00 bits per heavy atom. The Hall–Kier alpha value is -4.54. The van der Waals surface area contributed by atoms with Gasteiger partial charge in [0.25, 0.3) is 10.0 Å². The van der Waals surface area contributed by atoms with E-state index in [2.05, 4.69) is 24.9 Å². The molecular formula is C23H18N8O3S2. The Balaban J connectivity index is 1.52. The van der Waals surface area contributed by atoms with E-state index in [1.165, 1.54) is 24.4 Å². The van der Waals surface area contributed by atoms with Crippen molar-refractivity contribution in [2.24, 2.45) is 14.1 Å². The number of thiazole rings is 1. The smallest absolute Gasteiger partial charge is 0.263 e. The van der Waals surface area contributed by atoms with E-state index in [4.69, 9.17) is 4.74 Å². The third kappa shape index (κ3) is 4.67. The summed E-state index contributed by atoms with van der Waals surface area (Å²) in [6.07, 6.45) is 10.1. The van der Waals surface area contributed by atoms with Crippen molar-refractivity contribution in [2.75, 3.05) is 4.72 Å². The van der Waals surface area contributed by atoms with Gasteiger partial charge in [-0.05, 0) is 24.3 Å². The highest BCUT2D eigenvalue weighted by Gasteiger charge is 2.20. The summed E-state index contributed by atoms with van der Waals surface area (Å²) >= 11 is 1.15. The summed E-state index contributed by atoms with van der Waals surface area (Å²) in [6, 6.07) is 7.93. The van der Waals surface area contributed by atoms with E-state index in [1.54, 1.807) is 40.4 Å². The van der Waals surface area contributed by atoms with Crippen molar-refractivity contribution >= 4 is 26.5 Å². The fraction of sp³-hybridized carbons (Fsp3) is 0.0870. The van der Waals surface area contributed by atoms with Crippen LogP contribution in [-0.2, 0) is 24.1 Å². The number of hydrogen-bond acceptors (Lipinski definition) is 9. The summed E-state index contributed by atoms with van der Waals surface area (Å²) < 4.78 is 37.3. The molecule has 180 valence electrons. The first-order valence-corrected chi connectivity index (χ1v) is 12.8. The topological polar surface area (TPSA) is 141 Å². The lowest BCUT2D eigenvalue weighted by Crippen LogP contribution is -2.13. The third-order valence-electron chi connectivity index (χ3n) is 5.14. The third-order valence-corrected chi connectivity index (χ3v) is 7.29. The lowest BCUT2D eigenvalue weighted by molar-refractivity contribution is 0.480. The molecule has 0 saturated heterocycles. The molecule has 11 nitrogen and oxygen atoms in total. The number of nitrogens with one attached hydrogen (secondary N) is 1. The van der Waals surface area contributed by atoms with Crippen LogP contribution >= 0.6 is 11.3 Å². The van der Waals surface area contributed by atoms with E-state index in [9.17, 15) is 13.7 Å². The number of ether oxygens (including phenoxy) is 1. The van der Waals surface area contributed by atoms with E-state index >= 15 is 0 Å². The Morgan fingerprint density at radius 2 is 1.75 bits per heavy atom. The van der Waals surface area contributed by atoms with Gasteiger partial charge >= 0.3 is 0 Å². The molecule has 4 aromatic heterocycles. The Morgan fingerprint density at radius 3 is 2.39 bits per heavy atom. The van der Waals surface area contributed by atoms with Crippen LogP contribution in [0.1, 0.15) is 5.56 Å². The van der Waals surface area contributed by atoms with Gasteiger partial charge in [-0.25, -0.2) is 13.4 Å². The molecule has 1 aromatic carbocycles. The molecule has 0 radical (unpaired) electrons. The minimum atomic E-state index is -3.93. The van der Waals surface area contributed by atoms with Gasteiger partial charge in [0.15, 0.2) is 10.9 Å². The van der Waals surface area contributed by atoms with Crippen LogP contribution in [0.5, 0.6) is 11.5 Å². The maximum atomic E-state index is 12.7. The summed E-state index contributed by atoms with van der Waals surface area (Å²) in [4.78, 5) is 8.35. The van der Waals surface area contributed by atoms with Crippen LogP contribution < -0.4 is 9.46 Å². The molecular weight excluding hydrogens is 500 g/mol. The highest BCUT2D eigenvalue weighted by Crippen LogP contribution is 2.37. The molecule has 0 amide bonds. The van der Waals surface area contributed by atoms with Crippen LogP contribution in [0.15, 0.2) is 71.7 Å². The number of nitrogens with zero attached hydrogens (tertiary/aromatic N) is 7. The standard InChI is InChI=1S/C23H18N8O3S2/c1-30-13-16(10-27-30)19-8-20(17-11-28-31(2)14-17)26-12-22(19)34-21-4-3-18(7-15(21)9-24)36(32,33)29-23-25-5-6-35-23/h3-8,10-14H,1-2H3,(H,25,29). The van der Waals surface area contributed by atoms with Crippen LogP contribution in [0.3, 0.4) is 0 Å². The average Bonchev–Trinajstić information content (AvgIpc) is 3.62. The second-order valence-corrected chi connectivity index (χ2v) is 10.3. The molecule has 36 heavy (non-hydrogen) atoms. The van der Waals surface area contributed by atoms with Crippen LogP contribution in [0, 0.1) is 11.3 Å². The first-order chi connectivity index (χ1) is 17.3. The van der Waals surface area contributed by atoms with Crippen LogP contribution in [0.4, 0.5) is 5.13 Å². The van der Waals surface area contributed by atoms with Crippen molar-refractivity contribution < 1.29 is 13.2 Å². The molecule has 0 atom stereocenters. The summed E-state index contributed by atoms with van der Waals surface area (Å²) in [5.74, 6) is 0.565. The van der Waals surface area contributed by atoms with Gasteiger partial charge < -0.3 is 4.74 Å². The van der Waals surface area contributed by atoms with E-state index in [-0.39, 0.29) is 21.3 Å². The van der Waals surface area contributed by atoms with Crippen molar-refractivity contribution in [3.63, 3.8) is 0 Å². The first kappa shape index (κ1) is 23.2. The summed E-state index contributed by atoms with van der Waals surface area (Å²) in [7, 11) is -0.300. The van der Waals surface area contributed by atoms with Gasteiger partial charge in [-0.3, -0.25) is 19.1 Å². The number of pyridine rings is 1. The van der Waals surface area contributed by atoms with Gasteiger partial charge in [0.05, 0.1) is 34.7 Å². The normalized spacial score (nSPS) is 11.2. The van der Waals surface area contributed by atoms with Crippen molar-refractivity contribution in [3.05, 3.63) is 72.4 Å². The molecule has 0 fully saturated rings. The Kier molecular flexibility index (Phi) is 5.96. The maximum Gasteiger partial charge on any atom is 0.263 e. The number of benzene rings is 1. The molecule has 0 bridgehead atoms. The van der Waals surface area contributed by atoms with Gasteiger partial charge in [0.2, 0.25) is 0 Å². The first-order valence-electron chi connectivity index (χ1n) is 10.4. The highest BCUT2D eigenvalue weighted by atomic mass is 32.2. The number of aromatic nitrogens is 6. The van der Waals surface area contributed by atoms with Crippen molar-refractivity contribution in [1.82, 2.24) is 29.5 Å². The number of hydrogen-bond donors (Lipinski definition) is 1. The zero-order valence-electron chi connectivity index (χ0n) is 19.0. The fourth-order valence-electron chi connectivity index (χ4n) is 3.44. The SMILES string of the molecule is Cn1cc(-c2cc(-c3cnn(C)c3)c(Oc3ccc(S(=O)(=O)Nc4nccs4)cc3C#N)cn2)cn1. The number of sulfonamides is 1. The Bertz CT molecular complexity index is 1700. The number of rotatable bonds is 7. The molecule has 4 heterocycles. The van der Waals surface area contributed by atoms with Gasteiger partial charge in [-0.1, -0.05) is 0 Å². The largest absolute Gasteiger partial charge is 0.454 e. The van der Waals surface area contributed by atoms with Gasteiger partial charge in [-0.15, -0.1) is 11.3 Å². The minimum Gasteiger partial charge on any atom is -0.454 e. The summed E-state index contributed by atoms with van der Waals surface area (Å²) in [5.41, 5.74) is 3.04. The van der Waals surface area contributed by atoms with Crippen LogP contribution in [0.2, 0.25) is 0 Å². The minimum absolute atomic E-state index is 0.0467. The monoisotopic (exact) mass is 518 g/mol. The lowest BCUT2D eigenvalue weighted by Gasteiger charge is -2.13. The van der Waals surface area contributed by atoms with E-state index in [1.807, 2.05) is 31.6 Å². The zero-order chi connectivity index (χ0) is 25.3. The lowest BCUT2D eigenvalue weighted by atomic mass is 10.1. The highest BCUT2D eigenvalue weighted by molar-refractivity contribution is 7.93. The molecule has 1 N–H and O–H groups in total. The molecule has 0 aliphatic rings. The van der Waals surface area contributed by atoms with Crippen LogP contribution in [-0.4, -0.2) is 37.9 Å². The predicted octanol–water partition coefficient (Wildman–Crippen LogP) is 3.80. The molecule has 0 aliphatic carbocycles. The van der Waals surface area contributed by atoms with E-state index in [0.717, 1.165) is 22.5 Å². The number of aryl methyl sites for hydroxylation is 2. The predicted molar refractivity (Wildman–Crippen MR) is 133 cm³/mol. The van der Waals surface area contributed by atoms with Gasteiger partial charge in [-0.2, -0.15) is 15.5 Å². The van der Waals surface area contributed by atoms with Gasteiger partial charge in [0.1, 0.15) is 11.8 Å². The molecule has 5 aromatic rings. The molecule has 0 aliphatic heterocycles. The zero-order valence-corrected chi connectivity index (χ0v) is 20.7. The number of nitriles is 1. The Labute approximate surface area is 210 Å². The average molecular weight is 519 g/mol. The molecule has 0 saturated carbocycles. The fourth-order valence-corrected chi connectivity index (χ4v) is 5.25. The summed E-state index contributed by atoms with van der Waals surface area (Å²) in [5, 5.41) is 20.1. The molecule has 0 unspecified atom stereocenters. The van der Waals surface area contributed by atoms with Gasteiger partial charge in [0, 0.05) is 54.8 Å². The quantitative estimate of drug-likeness (QED) is 0.343.